The first-order chi connectivity index (χ1) is 7.53. The largest absolute Gasteiger partial charge is 0.398 e. The van der Waals surface area contributed by atoms with Gasteiger partial charge < -0.3 is 11.1 Å². The van der Waals surface area contributed by atoms with Gasteiger partial charge in [0, 0.05) is 11.7 Å². The number of nitrogens with one attached hydrogen (secondary N) is 2. The summed E-state index contributed by atoms with van der Waals surface area (Å²) in [5, 5.41) is 3.26. The van der Waals surface area contributed by atoms with Crippen LogP contribution in [0.1, 0.15) is 12.8 Å². The van der Waals surface area contributed by atoms with Crippen molar-refractivity contribution in [1.29, 1.82) is 0 Å². The van der Waals surface area contributed by atoms with Gasteiger partial charge in [0.15, 0.2) is 0 Å². The Kier molecular flexibility index (Phi) is 2.77. The lowest BCUT2D eigenvalue weighted by Gasteiger charge is -2.09. The molecule has 5 nitrogen and oxygen atoms in total. The highest BCUT2D eigenvalue weighted by molar-refractivity contribution is 7.89. The molecule has 1 aromatic rings. The van der Waals surface area contributed by atoms with Gasteiger partial charge in [-0.2, -0.15) is 0 Å². The van der Waals surface area contributed by atoms with Crippen molar-refractivity contribution >= 4 is 21.4 Å². The fraction of sp³-hybridized carbons (Fsp3) is 0.400. The van der Waals surface area contributed by atoms with E-state index in [0.29, 0.717) is 6.04 Å². The molecule has 1 aromatic carbocycles. The molecule has 0 aliphatic heterocycles. The monoisotopic (exact) mass is 241 g/mol. The number of rotatable bonds is 4. The third-order valence-corrected chi connectivity index (χ3v) is 4.00. The van der Waals surface area contributed by atoms with Crippen molar-refractivity contribution in [2.75, 3.05) is 18.1 Å². The van der Waals surface area contributed by atoms with Crippen molar-refractivity contribution in [2.45, 2.75) is 23.8 Å². The Morgan fingerprint density at radius 2 is 2.06 bits per heavy atom. The van der Waals surface area contributed by atoms with Gasteiger partial charge in [-0.15, -0.1) is 0 Å². The van der Waals surface area contributed by atoms with Crippen LogP contribution < -0.4 is 15.8 Å². The predicted octanol–water partition coefficient (Wildman–Crippen LogP) is 0.751. The Morgan fingerprint density at radius 3 is 2.56 bits per heavy atom. The Hall–Kier alpha value is -1.27. The van der Waals surface area contributed by atoms with Gasteiger partial charge in [0.05, 0.1) is 5.69 Å². The molecule has 1 saturated carbocycles. The number of hydrogen-bond acceptors (Lipinski definition) is 4. The molecule has 0 unspecified atom stereocenters. The molecule has 0 aromatic heterocycles. The van der Waals surface area contributed by atoms with Crippen LogP contribution in [-0.2, 0) is 10.0 Å². The lowest BCUT2D eigenvalue weighted by atomic mass is 10.3. The standard InChI is InChI=1S/C10H15N3O2S/c1-12-16(14,15)10-5-4-8(6-9(10)11)13-7-2-3-7/h4-7,12-13H,2-3,11H2,1H3. The fourth-order valence-electron chi connectivity index (χ4n) is 1.46. The number of hydrogen-bond donors (Lipinski definition) is 3. The predicted molar refractivity (Wildman–Crippen MR) is 63.7 cm³/mol. The highest BCUT2D eigenvalue weighted by Gasteiger charge is 2.21. The first-order valence-corrected chi connectivity index (χ1v) is 6.61. The van der Waals surface area contributed by atoms with Gasteiger partial charge in [-0.25, -0.2) is 13.1 Å². The Labute approximate surface area is 95.1 Å². The Balaban J connectivity index is 2.28. The summed E-state index contributed by atoms with van der Waals surface area (Å²) in [6, 6.07) is 5.43. The maximum atomic E-state index is 11.6. The van der Waals surface area contributed by atoms with E-state index >= 15 is 0 Å². The quantitative estimate of drug-likeness (QED) is 0.679. The first kappa shape index (κ1) is 11.2. The average molecular weight is 241 g/mol. The van der Waals surface area contributed by atoms with E-state index in [2.05, 4.69) is 10.0 Å². The van der Waals surface area contributed by atoms with Crippen molar-refractivity contribution < 1.29 is 8.42 Å². The average Bonchev–Trinajstić information content (AvgIpc) is 3.01. The van der Waals surface area contributed by atoms with Crippen LogP contribution in [0.2, 0.25) is 0 Å². The van der Waals surface area contributed by atoms with Crippen LogP contribution in [0.3, 0.4) is 0 Å². The van der Waals surface area contributed by atoms with Crippen LogP contribution in [0.15, 0.2) is 23.1 Å². The molecule has 6 heteroatoms. The summed E-state index contributed by atoms with van der Waals surface area (Å²) in [6.45, 7) is 0. The van der Waals surface area contributed by atoms with Gasteiger partial charge in [-0.05, 0) is 38.1 Å². The van der Waals surface area contributed by atoms with Crippen LogP contribution >= 0.6 is 0 Å². The molecular formula is C10H15N3O2S. The summed E-state index contributed by atoms with van der Waals surface area (Å²) in [4.78, 5) is 0.122. The van der Waals surface area contributed by atoms with Gasteiger partial charge in [0.25, 0.3) is 0 Å². The molecule has 88 valence electrons. The maximum Gasteiger partial charge on any atom is 0.242 e. The molecule has 0 bridgehead atoms. The fourth-order valence-corrected chi connectivity index (χ4v) is 2.29. The van der Waals surface area contributed by atoms with Crippen LogP contribution in [0.4, 0.5) is 11.4 Å². The molecule has 0 atom stereocenters. The summed E-state index contributed by atoms with van der Waals surface area (Å²) < 4.78 is 25.4. The van der Waals surface area contributed by atoms with Crippen molar-refractivity contribution in [1.82, 2.24) is 4.72 Å². The minimum atomic E-state index is -3.46. The summed E-state index contributed by atoms with van der Waals surface area (Å²) in [5.74, 6) is 0. The highest BCUT2D eigenvalue weighted by Crippen LogP contribution is 2.27. The second kappa shape index (κ2) is 3.95. The molecule has 1 aliphatic carbocycles. The third kappa shape index (κ3) is 2.28. The number of sulfonamides is 1. The lowest BCUT2D eigenvalue weighted by Crippen LogP contribution is -2.20. The molecule has 0 amide bonds. The second-order valence-electron chi connectivity index (χ2n) is 3.88. The van der Waals surface area contributed by atoms with Crippen LogP contribution in [-0.4, -0.2) is 21.5 Å². The van der Waals surface area contributed by atoms with E-state index in [4.69, 9.17) is 5.73 Å². The molecule has 4 N–H and O–H groups in total. The van der Waals surface area contributed by atoms with Crippen molar-refractivity contribution in [3.8, 4) is 0 Å². The van der Waals surface area contributed by atoms with Crippen molar-refractivity contribution in [3.63, 3.8) is 0 Å². The lowest BCUT2D eigenvalue weighted by molar-refractivity contribution is 0.588. The van der Waals surface area contributed by atoms with E-state index in [1.807, 2.05) is 0 Å². The Bertz CT molecular complexity index is 495. The zero-order chi connectivity index (χ0) is 11.8. The molecule has 0 spiro atoms. The van der Waals surface area contributed by atoms with Gasteiger partial charge in [0.1, 0.15) is 4.90 Å². The third-order valence-electron chi connectivity index (χ3n) is 2.52. The van der Waals surface area contributed by atoms with E-state index in [-0.39, 0.29) is 10.6 Å². The molecule has 16 heavy (non-hydrogen) atoms. The van der Waals surface area contributed by atoms with Crippen LogP contribution in [0.5, 0.6) is 0 Å². The van der Waals surface area contributed by atoms with Gasteiger partial charge in [-0.1, -0.05) is 0 Å². The van der Waals surface area contributed by atoms with E-state index in [0.717, 1.165) is 18.5 Å². The zero-order valence-corrected chi connectivity index (χ0v) is 9.84. The van der Waals surface area contributed by atoms with E-state index in [1.54, 1.807) is 12.1 Å². The normalized spacial score (nSPS) is 16.1. The van der Waals surface area contributed by atoms with Gasteiger partial charge >= 0.3 is 0 Å². The van der Waals surface area contributed by atoms with Gasteiger partial charge in [0.2, 0.25) is 10.0 Å². The van der Waals surface area contributed by atoms with Crippen molar-refractivity contribution in [2.24, 2.45) is 0 Å². The summed E-state index contributed by atoms with van der Waals surface area (Å²) in [7, 11) is -2.10. The Morgan fingerprint density at radius 1 is 1.38 bits per heavy atom. The van der Waals surface area contributed by atoms with E-state index in [1.165, 1.54) is 13.1 Å². The number of nitrogens with two attached hydrogens (primary N) is 1. The zero-order valence-electron chi connectivity index (χ0n) is 9.03. The van der Waals surface area contributed by atoms with E-state index in [9.17, 15) is 8.42 Å². The summed E-state index contributed by atoms with van der Waals surface area (Å²) in [5.41, 5.74) is 6.85. The molecule has 0 heterocycles. The van der Waals surface area contributed by atoms with E-state index < -0.39 is 10.0 Å². The number of anilines is 2. The molecule has 1 aliphatic rings. The van der Waals surface area contributed by atoms with Crippen molar-refractivity contribution in [3.05, 3.63) is 18.2 Å². The molecule has 1 fully saturated rings. The second-order valence-corrected chi connectivity index (χ2v) is 5.73. The molecule has 2 rings (SSSR count). The SMILES string of the molecule is CNS(=O)(=O)c1ccc(NC2CC2)cc1N. The number of benzene rings is 1. The summed E-state index contributed by atoms with van der Waals surface area (Å²) in [6.07, 6.45) is 2.33. The minimum Gasteiger partial charge on any atom is -0.398 e. The minimum absolute atomic E-state index is 0.122. The maximum absolute atomic E-state index is 11.6. The smallest absolute Gasteiger partial charge is 0.242 e. The van der Waals surface area contributed by atoms with Crippen LogP contribution in [0.25, 0.3) is 0 Å². The number of nitrogen functional groups attached to an aromatic ring is 1. The molecule has 0 saturated heterocycles. The van der Waals surface area contributed by atoms with Crippen LogP contribution in [0, 0.1) is 0 Å². The van der Waals surface area contributed by atoms with Gasteiger partial charge in [-0.3, -0.25) is 0 Å². The molecule has 0 radical (unpaired) electrons. The highest BCUT2D eigenvalue weighted by atomic mass is 32.2. The summed E-state index contributed by atoms with van der Waals surface area (Å²) >= 11 is 0. The molecular weight excluding hydrogens is 226 g/mol. The topological polar surface area (TPSA) is 84.2 Å². The first-order valence-electron chi connectivity index (χ1n) is 5.12.